The molecule has 3 rings (SSSR count). The smallest absolute Gasteiger partial charge is 0.387 e. The van der Waals surface area contributed by atoms with Crippen molar-refractivity contribution >= 4 is 5.96 Å². The molecule has 0 amide bonds. The number of morpholine rings is 1. The molecule has 1 N–H and O–H groups in total. The zero-order valence-electron chi connectivity index (χ0n) is 18.1. The summed E-state index contributed by atoms with van der Waals surface area (Å²) in [6.07, 6.45) is 0. The van der Waals surface area contributed by atoms with Crippen molar-refractivity contribution in [3.05, 3.63) is 65.2 Å². The Kier molecular flexibility index (Phi) is 8.61. The molecule has 1 aliphatic heterocycles. The van der Waals surface area contributed by atoms with Crippen LogP contribution >= 0.6 is 0 Å². The zero-order chi connectivity index (χ0) is 22.1. The van der Waals surface area contributed by atoms with Gasteiger partial charge in [-0.2, -0.15) is 8.78 Å². The number of nitrogens with one attached hydrogen (secondary N) is 1. The summed E-state index contributed by atoms with van der Waals surface area (Å²) in [6, 6.07) is 15.2. The van der Waals surface area contributed by atoms with Crippen molar-refractivity contribution in [2.75, 3.05) is 40.4 Å². The van der Waals surface area contributed by atoms with Crippen LogP contribution in [0, 0.1) is 0 Å². The Morgan fingerprint density at radius 2 is 1.84 bits per heavy atom. The SMILES string of the molecule is CN=C(NCc1cccc(CN2CCOCC2)c1)N(C)Cc1ccc(OC(F)F)cc1. The fraction of sp³-hybridized carbons (Fsp3) is 0.435. The normalized spacial score (nSPS) is 15.2. The fourth-order valence-electron chi connectivity index (χ4n) is 3.55. The molecule has 2 aromatic carbocycles. The number of guanidine groups is 1. The fourth-order valence-corrected chi connectivity index (χ4v) is 3.55. The van der Waals surface area contributed by atoms with Crippen LogP contribution in [0.3, 0.4) is 0 Å². The van der Waals surface area contributed by atoms with E-state index >= 15 is 0 Å². The summed E-state index contributed by atoms with van der Waals surface area (Å²) in [5, 5.41) is 3.39. The van der Waals surface area contributed by atoms with Crippen LogP contribution in [-0.4, -0.2) is 62.8 Å². The number of hydrogen-bond donors (Lipinski definition) is 1. The lowest BCUT2D eigenvalue weighted by Crippen LogP contribution is -2.38. The van der Waals surface area contributed by atoms with Gasteiger partial charge in [0.15, 0.2) is 5.96 Å². The van der Waals surface area contributed by atoms with Gasteiger partial charge in [-0.25, -0.2) is 0 Å². The van der Waals surface area contributed by atoms with Gasteiger partial charge in [0.2, 0.25) is 0 Å². The number of aliphatic imine (C=N–C) groups is 1. The Morgan fingerprint density at radius 1 is 1.13 bits per heavy atom. The summed E-state index contributed by atoms with van der Waals surface area (Å²) in [6.45, 7) is 2.89. The molecule has 1 fully saturated rings. The third kappa shape index (κ3) is 7.48. The van der Waals surface area contributed by atoms with Gasteiger partial charge in [-0.05, 0) is 28.8 Å². The van der Waals surface area contributed by atoms with E-state index in [2.05, 4.69) is 44.2 Å². The van der Waals surface area contributed by atoms with Crippen molar-refractivity contribution in [2.45, 2.75) is 26.2 Å². The Morgan fingerprint density at radius 3 is 2.52 bits per heavy atom. The molecule has 31 heavy (non-hydrogen) atoms. The minimum absolute atomic E-state index is 0.154. The molecule has 0 aromatic heterocycles. The van der Waals surface area contributed by atoms with Crippen molar-refractivity contribution in [3.8, 4) is 5.75 Å². The minimum atomic E-state index is -2.82. The lowest BCUT2D eigenvalue weighted by atomic mass is 10.1. The van der Waals surface area contributed by atoms with Gasteiger partial charge in [0.25, 0.3) is 0 Å². The Balaban J connectivity index is 1.52. The van der Waals surface area contributed by atoms with Crippen LogP contribution in [0.5, 0.6) is 5.75 Å². The highest BCUT2D eigenvalue weighted by Crippen LogP contribution is 2.16. The molecule has 0 bridgehead atoms. The van der Waals surface area contributed by atoms with E-state index in [0.717, 1.165) is 44.4 Å². The molecule has 1 saturated heterocycles. The second kappa shape index (κ2) is 11.6. The third-order valence-corrected chi connectivity index (χ3v) is 5.09. The molecular weight excluding hydrogens is 402 g/mol. The third-order valence-electron chi connectivity index (χ3n) is 5.09. The average molecular weight is 433 g/mol. The first-order chi connectivity index (χ1) is 15.0. The second-order valence-corrected chi connectivity index (χ2v) is 7.49. The van der Waals surface area contributed by atoms with E-state index in [-0.39, 0.29) is 5.75 Å². The molecular formula is C23H30F2N4O2. The highest BCUT2D eigenvalue weighted by molar-refractivity contribution is 5.79. The first-order valence-corrected chi connectivity index (χ1v) is 10.4. The number of hydrogen-bond acceptors (Lipinski definition) is 4. The summed E-state index contributed by atoms with van der Waals surface area (Å²) in [5.41, 5.74) is 3.45. The predicted octanol–water partition coefficient (Wildman–Crippen LogP) is 3.33. The highest BCUT2D eigenvalue weighted by Gasteiger charge is 2.12. The van der Waals surface area contributed by atoms with Crippen molar-refractivity contribution < 1.29 is 18.3 Å². The maximum Gasteiger partial charge on any atom is 0.387 e. The van der Waals surface area contributed by atoms with E-state index in [1.165, 1.54) is 11.1 Å². The number of benzene rings is 2. The van der Waals surface area contributed by atoms with Gasteiger partial charge < -0.3 is 19.7 Å². The van der Waals surface area contributed by atoms with Crippen molar-refractivity contribution in [3.63, 3.8) is 0 Å². The van der Waals surface area contributed by atoms with Crippen LogP contribution in [0.2, 0.25) is 0 Å². The number of rotatable bonds is 8. The van der Waals surface area contributed by atoms with Crippen LogP contribution in [0.4, 0.5) is 8.78 Å². The molecule has 0 spiro atoms. The van der Waals surface area contributed by atoms with E-state index in [1.807, 2.05) is 11.9 Å². The Labute approximate surface area is 182 Å². The van der Waals surface area contributed by atoms with Crippen molar-refractivity contribution in [2.24, 2.45) is 4.99 Å². The van der Waals surface area contributed by atoms with Crippen LogP contribution in [-0.2, 0) is 24.4 Å². The molecule has 1 heterocycles. The minimum Gasteiger partial charge on any atom is -0.435 e. The molecule has 2 aromatic rings. The van der Waals surface area contributed by atoms with E-state index in [4.69, 9.17) is 4.74 Å². The van der Waals surface area contributed by atoms with Gasteiger partial charge in [-0.15, -0.1) is 0 Å². The van der Waals surface area contributed by atoms with E-state index in [9.17, 15) is 8.78 Å². The molecule has 0 aliphatic carbocycles. The monoisotopic (exact) mass is 432 g/mol. The van der Waals surface area contributed by atoms with Crippen molar-refractivity contribution in [1.29, 1.82) is 0 Å². The van der Waals surface area contributed by atoms with E-state index in [0.29, 0.717) is 13.1 Å². The van der Waals surface area contributed by atoms with Crippen LogP contribution in [0.25, 0.3) is 0 Å². The standard InChI is InChI=1S/C23H30F2N4O2/c1-26-23(28(2)16-18-6-8-21(9-7-18)31-22(24)25)27-15-19-4-3-5-20(14-19)17-29-10-12-30-13-11-29/h3-9,14,22H,10-13,15-17H2,1-2H3,(H,26,27). The quantitative estimate of drug-likeness (QED) is 0.512. The molecule has 6 nitrogen and oxygen atoms in total. The molecule has 168 valence electrons. The molecule has 0 unspecified atom stereocenters. The predicted molar refractivity (Wildman–Crippen MR) is 117 cm³/mol. The lowest BCUT2D eigenvalue weighted by Gasteiger charge is -2.26. The second-order valence-electron chi connectivity index (χ2n) is 7.49. The number of nitrogens with zero attached hydrogens (tertiary/aromatic N) is 3. The first kappa shape index (κ1) is 23.0. The average Bonchev–Trinajstić information content (AvgIpc) is 2.76. The summed E-state index contributed by atoms with van der Waals surface area (Å²) in [7, 11) is 3.68. The van der Waals surface area contributed by atoms with Crippen LogP contribution in [0.1, 0.15) is 16.7 Å². The van der Waals surface area contributed by atoms with Gasteiger partial charge in [-0.3, -0.25) is 9.89 Å². The molecule has 8 heteroatoms. The zero-order valence-corrected chi connectivity index (χ0v) is 18.1. The van der Waals surface area contributed by atoms with Gasteiger partial charge in [0.05, 0.1) is 13.2 Å². The number of ether oxygens (including phenoxy) is 2. The first-order valence-electron chi connectivity index (χ1n) is 10.4. The van der Waals surface area contributed by atoms with E-state index < -0.39 is 6.61 Å². The summed E-state index contributed by atoms with van der Waals surface area (Å²) >= 11 is 0. The van der Waals surface area contributed by atoms with E-state index in [1.54, 1.807) is 31.3 Å². The van der Waals surface area contributed by atoms with Crippen LogP contribution in [0.15, 0.2) is 53.5 Å². The molecule has 0 saturated carbocycles. The Hall–Kier alpha value is -2.71. The molecule has 0 atom stereocenters. The maximum absolute atomic E-state index is 12.3. The summed E-state index contributed by atoms with van der Waals surface area (Å²) in [4.78, 5) is 8.75. The van der Waals surface area contributed by atoms with Crippen LogP contribution < -0.4 is 10.1 Å². The van der Waals surface area contributed by atoms with Gasteiger partial charge in [0, 0.05) is 46.8 Å². The van der Waals surface area contributed by atoms with Gasteiger partial charge >= 0.3 is 6.61 Å². The van der Waals surface area contributed by atoms with Gasteiger partial charge in [0.1, 0.15) is 5.75 Å². The highest BCUT2D eigenvalue weighted by atomic mass is 19.3. The topological polar surface area (TPSA) is 49.3 Å². The summed E-state index contributed by atoms with van der Waals surface area (Å²) < 4.78 is 34.4. The molecule has 1 aliphatic rings. The van der Waals surface area contributed by atoms with Crippen molar-refractivity contribution in [1.82, 2.24) is 15.1 Å². The lowest BCUT2D eigenvalue weighted by molar-refractivity contribution is -0.0498. The number of halogens is 2. The molecule has 0 radical (unpaired) electrons. The maximum atomic E-state index is 12.3. The van der Waals surface area contributed by atoms with Gasteiger partial charge in [-0.1, -0.05) is 36.4 Å². The number of alkyl halides is 2. The summed E-state index contributed by atoms with van der Waals surface area (Å²) in [5.74, 6) is 0.910. The largest absolute Gasteiger partial charge is 0.435 e. The Bertz CT molecular complexity index is 840.